The summed E-state index contributed by atoms with van der Waals surface area (Å²) >= 11 is 0. The maximum absolute atomic E-state index is 8.97. The maximum atomic E-state index is 8.97. The highest BCUT2D eigenvalue weighted by molar-refractivity contribution is 4.79. The Bertz CT molecular complexity index is 150. The Morgan fingerprint density at radius 3 is 1.93 bits per heavy atom. The summed E-state index contributed by atoms with van der Waals surface area (Å²) in [6.45, 7) is 4.09. The monoisotopic (exact) mass is 215 g/mol. The first-order valence-electron chi connectivity index (χ1n) is 6.27. The molecule has 2 N–H and O–H groups in total. The molecule has 0 heterocycles. The minimum atomic E-state index is 0.202. The first kappa shape index (κ1) is 12.9. The van der Waals surface area contributed by atoms with Crippen molar-refractivity contribution in [2.45, 2.75) is 45.1 Å². The molecule has 90 valence electrons. The molecule has 0 aromatic carbocycles. The normalized spacial score (nSPS) is 27.2. The van der Waals surface area contributed by atoms with Gasteiger partial charge >= 0.3 is 0 Å². The molecular formula is C12H25NO2. The van der Waals surface area contributed by atoms with Crippen molar-refractivity contribution >= 4 is 0 Å². The summed E-state index contributed by atoms with van der Waals surface area (Å²) in [6.07, 6.45) is 6.40. The average molecular weight is 215 g/mol. The van der Waals surface area contributed by atoms with E-state index in [1.165, 1.54) is 32.1 Å². The Morgan fingerprint density at radius 1 is 1.00 bits per heavy atom. The van der Waals surface area contributed by atoms with E-state index in [9.17, 15) is 0 Å². The minimum Gasteiger partial charge on any atom is -0.395 e. The quantitative estimate of drug-likeness (QED) is 0.700. The molecule has 1 rings (SSSR count). The number of aliphatic hydroxyl groups is 2. The van der Waals surface area contributed by atoms with Crippen LogP contribution in [-0.2, 0) is 0 Å². The van der Waals surface area contributed by atoms with Gasteiger partial charge in [-0.3, -0.25) is 4.90 Å². The predicted octanol–water partition coefficient (Wildman–Crippen LogP) is 1.24. The fourth-order valence-electron chi connectivity index (χ4n) is 2.65. The Morgan fingerprint density at radius 2 is 1.53 bits per heavy atom. The number of aliphatic hydroxyl groups excluding tert-OH is 2. The summed E-state index contributed by atoms with van der Waals surface area (Å²) in [5, 5.41) is 17.9. The van der Waals surface area contributed by atoms with Gasteiger partial charge in [-0.2, -0.15) is 0 Å². The van der Waals surface area contributed by atoms with E-state index in [4.69, 9.17) is 10.2 Å². The van der Waals surface area contributed by atoms with Gasteiger partial charge < -0.3 is 10.2 Å². The van der Waals surface area contributed by atoms with Gasteiger partial charge in [-0.25, -0.2) is 0 Å². The molecule has 1 saturated carbocycles. The molecule has 0 aromatic rings. The summed E-state index contributed by atoms with van der Waals surface area (Å²) in [7, 11) is 0. The van der Waals surface area contributed by atoms with Crippen LogP contribution in [0.2, 0.25) is 0 Å². The second-order valence-corrected chi connectivity index (χ2v) is 4.57. The fraction of sp³-hybridized carbons (Fsp3) is 1.00. The molecule has 0 aromatic heterocycles. The van der Waals surface area contributed by atoms with E-state index in [1.54, 1.807) is 0 Å². The van der Waals surface area contributed by atoms with Crippen molar-refractivity contribution in [3.8, 4) is 0 Å². The van der Waals surface area contributed by atoms with Gasteiger partial charge in [-0.05, 0) is 31.6 Å². The van der Waals surface area contributed by atoms with Gasteiger partial charge in [0.15, 0.2) is 0 Å². The van der Waals surface area contributed by atoms with E-state index in [1.807, 2.05) is 0 Å². The van der Waals surface area contributed by atoms with Gasteiger partial charge in [0.25, 0.3) is 0 Å². The molecule has 15 heavy (non-hydrogen) atoms. The summed E-state index contributed by atoms with van der Waals surface area (Å²) in [5.41, 5.74) is 0. The van der Waals surface area contributed by atoms with Crippen LogP contribution in [0.25, 0.3) is 0 Å². The molecule has 3 heteroatoms. The van der Waals surface area contributed by atoms with E-state index in [0.717, 1.165) is 5.92 Å². The van der Waals surface area contributed by atoms with Gasteiger partial charge in [0, 0.05) is 19.1 Å². The highest BCUT2D eigenvalue weighted by atomic mass is 16.3. The van der Waals surface area contributed by atoms with Gasteiger partial charge in [0.1, 0.15) is 0 Å². The van der Waals surface area contributed by atoms with Crippen molar-refractivity contribution in [3.05, 3.63) is 0 Å². The zero-order valence-corrected chi connectivity index (χ0v) is 9.86. The third kappa shape index (κ3) is 4.09. The molecule has 0 bridgehead atoms. The second-order valence-electron chi connectivity index (χ2n) is 4.57. The van der Waals surface area contributed by atoms with Crippen molar-refractivity contribution in [2.75, 3.05) is 26.3 Å². The van der Waals surface area contributed by atoms with Crippen LogP contribution < -0.4 is 0 Å². The lowest BCUT2D eigenvalue weighted by Gasteiger charge is -2.36. The average Bonchev–Trinajstić information content (AvgIpc) is 2.29. The van der Waals surface area contributed by atoms with Crippen LogP contribution in [0.1, 0.15) is 39.0 Å². The van der Waals surface area contributed by atoms with E-state index in [-0.39, 0.29) is 13.2 Å². The highest BCUT2D eigenvalue weighted by Gasteiger charge is 2.24. The lowest BCUT2D eigenvalue weighted by Crippen LogP contribution is -2.41. The molecule has 0 atom stereocenters. The lowest BCUT2D eigenvalue weighted by atomic mass is 9.84. The molecule has 1 fully saturated rings. The van der Waals surface area contributed by atoms with Crippen molar-refractivity contribution in [1.82, 2.24) is 4.90 Å². The smallest absolute Gasteiger partial charge is 0.0558 e. The van der Waals surface area contributed by atoms with Gasteiger partial charge in [0.05, 0.1) is 13.2 Å². The van der Waals surface area contributed by atoms with Crippen LogP contribution in [0, 0.1) is 5.92 Å². The SMILES string of the molecule is CCC1CCC(N(CCO)CCO)CC1. The van der Waals surface area contributed by atoms with Crippen LogP contribution in [0.15, 0.2) is 0 Å². The molecule has 0 unspecified atom stereocenters. The van der Waals surface area contributed by atoms with E-state index < -0.39 is 0 Å². The Balaban J connectivity index is 2.34. The summed E-state index contributed by atoms with van der Waals surface area (Å²) in [5.74, 6) is 0.909. The molecule has 3 nitrogen and oxygen atoms in total. The topological polar surface area (TPSA) is 43.7 Å². The molecule has 0 radical (unpaired) electrons. The first-order valence-corrected chi connectivity index (χ1v) is 6.27. The molecule has 0 saturated heterocycles. The van der Waals surface area contributed by atoms with E-state index in [0.29, 0.717) is 19.1 Å². The third-order valence-electron chi connectivity index (χ3n) is 3.68. The number of hydrogen-bond acceptors (Lipinski definition) is 3. The van der Waals surface area contributed by atoms with E-state index >= 15 is 0 Å². The minimum absolute atomic E-state index is 0.202. The standard InChI is InChI=1S/C12H25NO2/c1-2-11-3-5-12(6-4-11)13(7-9-14)8-10-15/h11-12,14-15H,2-10H2,1H3. The largest absolute Gasteiger partial charge is 0.395 e. The van der Waals surface area contributed by atoms with Crippen LogP contribution in [0.5, 0.6) is 0 Å². The molecular weight excluding hydrogens is 190 g/mol. The van der Waals surface area contributed by atoms with Gasteiger partial charge in [-0.15, -0.1) is 0 Å². The maximum Gasteiger partial charge on any atom is 0.0558 e. The van der Waals surface area contributed by atoms with Crippen molar-refractivity contribution < 1.29 is 10.2 Å². The summed E-state index contributed by atoms with van der Waals surface area (Å²) in [6, 6.07) is 0.590. The fourth-order valence-corrected chi connectivity index (χ4v) is 2.65. The van der Waals surface area contributed by atoms with Gasteiger partial charge in [-0.1, -0.05) is 13.3 Å². The highest BCUT2D eigenvalue weighted by Crippen LogP contribution is 2.29. The lowest BCUT2D eigenvalue weighted by molar-refractivity contribution is 0.0902. The molecule has 0 spiro atoms. The molecule has 1 aliphatic rings. The Kier molecular flexibility index (Phi) is 6.22. The summed E-state index contributed by atoms with van der Waals surface area (Å²) in [4.78, 5) is 2.24. The predicted molar refractivity (Wildman–Crippen MR) is 61.8 cm³/mol. The van der Waals surface area contributed by atoms with Crippen molar-refractivity contribution in [3.63, 3.8) is 0 Å². The van der Waals surface area contributed by atoms with Crippen molar-refractivity contribution in [1.29, 1.82) is 0 Å². The number of nitrogens with zero attached hydrogens (tertiary/aromatic N) is 1. The summed E-state index contributed by atoms with van der Waals surface area (Å²) < 4.78 is 0. The van der Waals surface area contributed by atoms with Crippen LogP contribution >= 0.6 is 0 Å². The van der Waals surface area contributed by atoms with Crippen molar-refractivity contribution in [2.24, 2.45) is 5.92 Å². The Labute approximate surface area is 93.1 Å². The number of rotatable bonds is 6. The second kappa shape index (κ2) is 7.20. The third-order valence-corrected chi connectivity index (χ3v) is 3.68. The van der Waals surface area contributed by atoms with Crippen LogP contribution in [0.4, 0.5) is 0 Å². The first-order chi connectivity index (χ1) is 7.31. The van der Waals surface area contributed by atoms with Crippen LogP contribution in [0.3, 0.4) is 0 Å². The molecule has 0 aliphatic heterocycles. The number of hydrogen-bond donors (Lipinski definition) is 2. The molecule has 1 aliphatic carbocycles. The van der Waals surface area contributed by atoms with E-state index in [2.05, 4.69) is 11.8 Å². The van der Waals surface area contributed by atoms with Gasteiger partial charge in [0.2, 0.25) is 0 Å². The zero-order valence-electron chi connectivity index (χ0n) is 9.86. The molecule has 0 amide bonds. The zero-order chi connectivity index (χ0) is 11.1. The van der Waals surface area contributed by atoms with Crippen LogP contribution in [-0.4, -0.2) is 47.5 Å². The Hall–Kier alpha value is -0.120.